The zero-order valence-electron chi connectivity index (χ0n) is 8.91. The number of hydrogen-bond acceptors (Lipinski definition) is 4. The standard InChI is InChI=1S/C10H19NO3/c1-3-9(10(12)13-2)11-7-8-5-4-6-14-8/h8-9,11H,3-7H2,1-2H3/t8-,9+/m0/s1. The number of nitrogens with one attached hydrogen (secondary N) is 1. The normalized spacial score (nSPS) is 23.4. The molecule has 0 bridgehead atoms. The molecule has 0 aromatic heterocycles. The van der Waals surface area contributed by atoms with Crippen molar-refractivity contribution in [3.63, 3.8) is 0 Å². The molecule has 2 atom stereocenters. The summed E-state index contributed by atoms with van der Waals surface area (Å²) in [4.78, 5) is 11.2. The van der Waals surface area contributed by atoms with Gasteiger partial charge in [-0.25, -0.2) is 0 Å². The predicted octanol–water partition coefficient (Wildman–Crippen LogP) is 0.707. The fourth-order valence-electron chi connectivity index (χ4n) is 1.62. The Morgan fingerprint density at radius 1 is 1.71 bits per heavy atom. The van der Waals surface area contributed by atoms with Crippen LogP contribution in [0.1, 0.15) is 26.2 Å². The van der Waals surface area contributed by atoms with Gasteiger partial charge >= 0.3 is 5.97 Å². The second kappa shape index (κ2) is 5.98. The van der Waals surface area contributed by atoms with E-state index < -0.39 is 0 Å². The molecule has 0 amide bonds. The zero-order chi connectivity index (χ0) is 10.4. The number of carbonyl (C=O) groups is 1. The van der Waals surface area contributed by atoms with Gasteiger partial charge in [0.25, 0.3) is 0 Å². The quantitative estimate of drug-likeness (QED) is 0.665. The Morgan fingerprint density at radius 2 is 2.50 bits per heavy atom. The van der Waals surface area contributed by atoms with Gasteiger partial charge in [0.1, 0.15) is 6.04 Å². The van der Waals surface area contributed by atoms with Crippen LogP contribution in [0.25, 0.3) is 0 Å². The van der Waals surface area contributed by atoms with Crippen LogP contribution in [0.15, 0.2) is 0 Å². The molecule has 1 aliphatic rings. The maximum atomic E-state index is 11.2. The summed E-state index contributed by atoms with van der Waals surface area (Å²) in [5.74, 6) is -0.189. The average molecular weight is 201 g/mol. The van der Waals surface area contributed by atoms with Crippen LogP contribution in [0, 0.1) is 0 Å². The lowest BCUT2D eigenvalue weighted by molar-refractivity contribution is -0.143. The summed E-state index contributed by atoms with van der Waals surface area (Å²) >= 11 is 0. The minimum absolute atomic E-state index is 0.189. The molecule has 0 aromatic carbocycles. The summed E-state index contributed by atoms with van der Waals surface area (Å²) in [7, 11) is 1.42. The SMILES string of the molecule is CC[C@@H](NC[C@@H]1CCCO1)C(=O)OC. The van der Waals surface area contributed by atoms with Crippen LogP contribution in [0.2, 0.25) is 0 Å². The van der Waals surface area contributed by atoms with Gasteiger partial charge in [-0.2, -0.15) is 0 Å². The van der Waals surface area contributed by atoms with Crippen LogP contribution < -0.4 is 5.32 Å². The second-order valence-corrected chi connectivity index (χ2v) is 3.53. The lowest BCUT2D eigenvalue weighted by Crippen LogP contribution is -2.41. The summed E-state index contributed by atoms with van der Waals surface area (Å²) in [6.07, 6.45) is 3.24. The fourth-order valence-corrected chi connectivity index (χ4v) is 1.62. The van der Waals surface area contributed by atoms with Crippen LogP contribution in [0.5, 0.6) is 0 Å². The van der Waals surface area contributed by atoms with Crippen LogP contribution in [0.4, 0.5) is 0 Å². The largest absolute Gasteiger partial charge is 0.468 e. The van der Waals surface area contributed by atoms with E-state index in [1.54, 1.807) is 0 Å². The first-order chi connectivity index (χ1) is 6.77. The summed E-state index contributed by atoms with van der Waals surface area (Å²) in [6, 6.07) is -0.191. The molecule has 0 radical (unpaired) electrons. The van der Waals surface area contributed by atoms with Crippen LogP contribution in [0.3, 0.4) is 0 Å². The van der Waals surface area contributed by atoms with Crippen LogP contribution >= 0.6 is 0 Å². The Morgan fingerprint density at radius 3 is 3.00 bits per heavy atom. The molecular formula is C10H19NO3. The Bertz CT molecular complexity index is 178. The highest BCUT2D eigenvalue weighted by Crippen LogP contribution is 2.11. The smallest absolute Gasteiger partial charge is 0.322 e. The highest BCUT2D eigenvalue weighted by atomic mass is 16.5. The van der Waals surface area contributed by atoms with Crippen LogP contribution in [-0.4, -0.2) is 38.4 Å². The molecule has 1 N–H and O–H groups in total. The van der Waals surface area contributed by atoms with E-state index in [1.807, 2.05) is 6.92 Å². The molecular weight excluding hydrogens is 182 g/mol. The lowest BCUT2D eigenvalue weighted by Gasteiger charge is -2.17. The Kier molecular flexibility index (Phi) is 4.90. The molecule has 14 heavy (non-hydrogen) atoms. The summed E-state index contributed by atoms with van der Waals surface area (Å²) in [5.41, 5.74) is 0. The first kappa shape index (κ1) is 11.5. The molecule has 1 heterocycles. The van der Waals surface area contributed by atoms with E-state index in [2.05, 4.69) is 10.1 Å². The van der Waals surface area contributed by atoms with E-state index in [0.717, 1.165) is 32.4 Å². The third-order valence-corrected chi connectivity index (χ3v) is 2.51. The van der Waals surface area contributed by atoms with Crippen molar-refractivity contribution in [2.45, 2.75) is 38.3 Å². The monoisotopic (exact) mass is 201 g/mol. The van der Waals surface area contributed by atoms with Gasteiger partial charge in [-0.3, -0.25) is 4.79 Å². The maximum absolute atomic E-state index is 11.2. The maximum Gasteiger partial charge on any atom is 0.322 e. The van der Waals surface area contributed by atoms with Gasteiger partial charge in [-0.15, -0.1) is 0 Å². The van der Waals surface area contributed by atoms with Crippen molar-refractivity contribution in [3.05, 3.63) is 0 Å². The van der Waals surface area contributed by atoms with Gasteiger partial charge in [0.2, 0.25) is 0 Å². The number of carbonyl (C=O) groups excluding carboxylic acids is 1. The average Bonchev–Trinajstić information content (AvgIpc) is 2.71. The van der Waals surface area contributed by atoms with Crippen molar-refractivity contribution < 1.29 is 14.3 Å². The molecule has 0 unspecified atom stereocenters. The lowest BCUT2D eigenvalue weighted by atomic mass is 10.2. The Hall–Kier alpha value is -0.610. The second-order valence-electron chi connectivity index (χ2n) is 3.53. The fraction of sp³-hybridized carbons (Fsp3) is 0.900. The molecule has 1 saturated heterocycles. The molecule has 1 rings (SSSR count). The van der Waals surface area contributed by atoms with E-state index >= 15 is 0 Å². The molecule has 1 fully saturated rings. The van der Waals surface area contributed by atoms with E-state index in [-0.39, 0.29) is 18.1 Å². The van der Waals surface area contributed by atoms with E-state index in [0.29, 0.717) is 0 Å². The Balaban J connectivity index is 2.22. The highest BCUT2D eigenvalue weighted by molar-refractivity contribution is 5.75. The molecule has 0 aromatic rings. The Labute approximate surface area is 85.0 Å². The predicted molar refractivity (Wildman–Crippen MR) is 53.1 cm³/mol. The first-order valence-electron chi connectivity index (χ1n) is 5.20. The third kappa shape index (κ3) is 3.27. The molecule has 4 nitrogen and oxygen atoms in total. The molecule has 0 aliphatic carbocycles. The number of rotatable bonds is 5. The van der Waals surface area contributed by atoms with Crippen molar-refractivity contribution in [2.24, 2.45) is 0 Å². The molecule has 82 valence electrons. The van der Waals surface area contributed by atoms with Crippen molar-refractivity contribution in [2.75, 3.05) is 20.3 Å². The van der Waals surface area contributed by atoms with Gasteiger partial charge in [0.15, 0.2) is 0 Å². The van der Waals surface area contributed by atoms with Crippen molar-refractivity contribution in [1.82, 2.24) is 5.32 Å². The number of ether oxygens (including phenoxy) is 2. The molecule has 0 spiro atoms. The van der Waals surface area contributed by atoms with Gasteiger partial charge in [0.05, 0.1) is 13.2 Å². The van der Waals surface area contributed by atoms with Gasteiger partial charge < -0.3 is 14.8 Å². The highest BCUT2D eigenvalue weighted by Gasteiger charge is 2.20. The number of hydrogen-bond donors (Lipinski definition) is 1. The van der Waals surface area contributed by atoms with Crippen molar-refractivity contribution >= 4 is 5.97 Å². The minimum atomic E-state index is -0.191. The third-order valence-electron chi connectivity index (χ3n) is 2.51. The zero-order valence-corrected chi connectivity index (χ0v) is 8.91. The van der Waals surface area contributed by atoms with Crippen molar-refractivity contribution in [1.29, 1.82) is 0 Å². The van der Waals surface area contributed by atoms with Crippen LogP contribution in [-0.2, 0) is 14.3 Å². The number of esters is 1. The van der Waals surface area contributed by atoms with Crippen molar-refractivity contribution in [3.8, 4) is 0 Å². The molecule has 0 saturated carbocycles. The summed E-state index contributed by atoms with van der Waals surface area (Å²) < 4.78 is 10.1. The van der Waals surface area contributed by atoms with E-state index in [9.17, 15) is 4.79 Å². The summed E-state index contributed by atoms with van der Waals surface area (Å²) in [6.45, 7) is 3.55. The van der Waals surface area contributed by atoms with Gasteiger partial charge in [0, 0.05) is 13.2 Å². The van der Waals surface area contributed by atoms with E-state index in [4.69, 9.17) is 4.74 Å². The molecule has 4 heteroatoms. The minimum Gasteiger partial charge on any atom is -0.468 e. The summed E-state index contributed by atoms with van der Waals surface area (Å²) in [5, 5.41) is 3.16. The van der Waals surface area contributed by atoms with Gasteiger partial charge in [-0.1, -0.05) is 6.92 Å². The number of methoxy groups -OCH3 is 1. The molecule has 1 aliphatic heterocycles. The first-order valence-corrected chi connectivity index (χ1v) is 5.20. The van der Waals surface area contributed by atoms with E-state index in [1.165, 1.54) is 7.11 Å². The van der Waals surface area contributed by atoms with Gasteiger partial charge in [-0.05, 0) is 19.3 Å². The topological polar surface area (TPSA) is 47.6 Å².